The van der Waals surface area contributed by atoms with Crippen LogP contribution in [-0.2, 0) is 9.84 Å². The quantitative estimate of drug-likeness (QED) is 0.707. The van der Waals surface area contributed by atoms with Crippen molar-refractivity contribution in [1.29, 1.82) is 0 Å². The smallest absolute Gasteiger partial charge is 0.175 e. The van der Waals surface area contributed by atoms with Crippen molar-refractivity contribution < 1.29 is 8.42 Å². The monoisotopic (exact) mass is 287 g/mol. The summed E-state index contributed by atoms with van der Waals surface area (Å²) in [5.74, 6) is 0.665. The zero-order valence-corrected chi connectivity index (χ0v) is 11.6. The minimum Gasteiger partial charge on any atom is -0.399 e. The molecule has 0 fully saturated rings. The Morgan fingerprint density at radius 2 is 1.95 bits per heavy atom. The predicted octanol–water partition coefficient (Wildman–Crippen LogP) is 2.22. The summed E-state index contributed by atoms with van der Waals surface area (Å²) in [4.78, 5) is 7.83. The molecule has 0 aliphatic heterocycles. The largest absolute Gasteiger partial charge is 0.399 e. The van der Waals surface area contributed by atoms with E-state index in [0.717, 1.165) is 11.1 Å². The fourth-order valence-electron chi connectivity index (χ4n) is 2.04. The summed E-state index contributed by atoms with van der Waals surface area (Å²) in [6.45, 7) is 0. The molecule has 0 aliphatic rings. The van der Waals surface area contributed by atoms with Gasteiger partial charge in [0.25, 0.3) is 0 Å². The maximum Gasteiger partial charge on any atom is 0.175 e. The number of imidazole rings is 1. The van der Waals surface area contributed by atoms with Crippen LogP contribution in [0.5, 0.6) is 0 Å². The van der Waals surface area contributed by atoms with Gasteiger partial charge >= 0.3 is 0 Å². The maximum atomic E-state index is 11.5. The van der Waals surface area contributed by atoms with Crippen molar-refractivity contribution in [2.45, 2.75) is 4.90 Å². The Morgan fingerprint density at radius 1 is 1.15 bits per heavy atom. The first kappa shape index (κ1) is 12.7. The predicted molar refractivity (Wildman–Crippen MR) is 79.1 cm³/mol. The van der Waals surface area contributed by atoms with Crippen molar-refractivity contribution in [3.63, 3.8) is 0 Å². The van der Waals surface area contributed by atoms with E-state index < -0.39 is 9.84 Å². The van der Waals surface area contributed by atoms with Crippen LogP contribution in [0.15, 0.2) is 47.4 Å². The van der Waals surface area contributed by atoms with Crippen molar-refractivity contribution in [2.24, 2.45) is 0 Å². The standard InChI is InChI=1S/C14H13N3O2S/c1-20(18,19)11-5-6-12-13(8-11)17-14(16-12)9-3-2-4-10(15)7-9/h2-8H,15H2,1H3,(H,16,17). The molecule has 0 saturated carbocycles. The third kappa shape index (κ3) is 2.25. The van der Waals surface area contributed by atoms with E-state index in [4.69, 9.17) is 5.73 Å². The lowest BCUT2D eigenvalue weighted by Gasteiger charge is -1.97. The molecule has 20 heavy (non-hydrogen) atoms. The van der Waals surface area contributed by atoms with Gasteiger partial charge in [0.1, 0.15) is 5.82 Å². The van der Waals surface area contributed by atoms with Crippen molar-refractivity contribution in [2.75, 3.05) is 12.0 Å². The number of H-pyrrole nitrogens is 1. The third-order valence-corrected chi connectivity index (χ3v) is 4.15. The summed E-state index contributed by atoms with van der Waals surface area (Å²) < 4.78 is 23.1. The first-order valence-corrected chi connectivity index (χ1v) is 7.88. The number of aromatic amines is 1. The number of nitrogens with two attached hydrogens (primary N) is 1. The normalized spacial score (nSPS) is 11.8. The van der Waals surface area contributed by atoms with Gasteiger partial charge in [0.05, 0.1) is 15.9 Å². The van der Waals surface area contributed by atoms with Crippen molar-refractivity contribution in [1.82, 2.24) is 9.97 Å². The van der Waals surface area contributed by atoms with Gasteiger partial charge in [-0.25, -0.2) is 13.4 Å². The molecule has 0 amide bonds. The zero-order chi connectivity index (χ0) is 14.3. The van der Waals surface area contributed by atoms with Gasteiger partial charge in [-0.3, -0.25) is 0 Å². The van der Waals surface area contributed by atoms with Gasteiger partial charge in [-0.05, 0) is 30.3 Å². The molecule has 0 unspecified atom stereocenters. The van der Waals surface area contributed by atoms with Gasteiger partial charge in [0.15, 0.2) is 9.84 Å². The van der Waals surface area contributed by atoms with E-state index in [0.29, 0.717) is 17.0 Å². The molecule has 0 radical (unpaired) electrons. The number of hydrogen-bond donors (Lipinski definition) is 2. The Hall–Kier alpha value is -2.34. The summed E-state index contributed by atoms with van der Waals surface area (Å²) in [5.41, 5.74) is 8.67. The Morgan fingerprint density at radius 3 is 2.65 bits per heavy atom. The molecular formula is C14H13N3O2S. The molecule has 2 aromatic carbocycles. The van der Waals surface area contributed by atoms with Crippen LogP contribution in [0.1, 0.15) is 0 Å². The zero-order valence-electron chi connectivity index (χ0n) is 10.8. The second-order valence-electron chi connectivity index (χ2n) is 4.66. The molecule has 0 saturated heterocycles. The summed E-state index contributed by atoms with van der Waals surface area (Å²) >= 11 is 0. The van der Waals surface area contributed by atoms with Gasteiger partial charge in [-0.2, -0.15) is 0 Å². The van der Waals surface area contributed by atoms with Gasteiger partial charge < -0.3 is 10.7 Å². The second kappa shape index (κ2) is 4.35. The van der Waals surface area contributed by atoms with Crippen molar-refractivity contribution >= 4 is 26.6 Å². The summed E-state index contributed by atoms with van der Waals surface area (Å²) in [7, 11) is -3.22. The van der Waals surface area contributed by atoms with Crippen LogP contribution in [0.2, 0.25) is 0 Å². The van der Waals surface area contributed by atoms with Gasteiger partial charge in [0, 0.05) is 17.5 Å². The molecule has 102 valence electrons. The summed E-state index contributed by atoms with van der Waals surface area (Å²) in [6.07, 6.45) is 1.18. The average molecular weight is 287 g/mol. The molecule has 3 N–H and O–H groups in total. The van der Waals surface area contributed by atoms with Gasteiger partial charge in [-0.1, -0.05) is 12.1 Å². The fraction of sp³-hybridized carbons (Fsp3) is 0.0714. The minimum absolute atomic E-state index is 0.271. The van der Waals surface area contributed by atoms with E-state index in [1.165, 1.54) is 6.26 Å². The molecule has 1 heterocycles. The van der Waals surface area contributed by atoms with Crippen molar-refractivity contribution in [3.8, 4) is 11.4 Å². The first-order chi connectivity index (χ1) is 9.43. The first-order valence-electron chi connectivity index (χ1n) is 5.99. The molecule has 1 aromatic heterocycles. The molecule has 0 atom stereocenters. The second-order valence-corrected chi connectivity index (χ2v) is 6.68. The van der Waals surface area contributed by atoms with Crippen LogP contribution in [0.3, 0.4) is 0 Å². The fourth-order valence-corrected chi connectivity index (χ4v) is 2.69. The van der Waals surface area contributed by atoms with E-state index in [1.54, 1.807) is 24.3 Å². The molecule has 0 bridgehead atoms. The van der Waals surface area contributed by atoms with Crippen LogP contribution in [0, 0.1) is 0 Å². The molecule has 6 heteroatoms. The number of fused-ring (bicyclic) bond motifs is 1. The van der Waals surface area contributed by atoms with E-state index in [2.05, 4.69) is 9.97 Å². The molecule has 3 aromatic rings. The highest BCUT2D eigenvalue weighted by molar-refractivity contribution is 7.90. The van der Waals surface area contributed by atoms with Crippen molar-refractivity contribution in [3.05, 3.63) is 42.5 Å². The number of sulfone groups is 1. The van der Waals surface area contributed by atoms with E-state index in [1.807, 2.05) is 18.2 Å². The Kier molecular flexibility index (Phi) is 2.76. The molecular weight excluding hydrogens is 274 g/mol. The minimum atomic E-state index is -3.22. The van der Waals surface area contributed by atoms with Gasteiger partial charge in [0.2, 0.25) is 0 Å². The lowest BCUT2D eigenvalue weighted by atomic mass is 10.2. The van der Waals surface area contributed by atoms with E-state index in [9.17, 15) is 8.42 Å². The number of nitrogens with zero attached hydrogens (tertiary/aromatic N) is 1. The molecule has 3 rings (SSSR count). The van der Waals surface area contributed by atoms with Crippen LogP contribution in [-0.4, -0.2) is 24.6 Å². The molecule has 5 nitrogen and oxygen atoms in total. The maximum absolute atomic E-state index is 11.5. The van der Waals surface area contributed by atoms with E-state index >= 15 is 0 Å². The van der Waals surface area contributed by atoms with Crippen LogP contribution < -0.4 is 5.73 Å². The highest BCUT2D eigenvalue weighted by Crippen LogP contribution is 2.23. The Balaban J connectivity index is 2.16. The number of nitrogens with one attached hydrogen (secondary N) is 1. The van der Waals surface area contributed by atoms with E-state index in [-0.39, 0.29) is 4.90 Å². The number of anilines is 1. The SMILES string of the molecule is CS(=O)(=O)c1ccc2nc(-c3cccc(N)c3)[nH]c2c1. The Labute approximate surface area is 116 Å². The number of rotatable bonds is 2. The highest BCUT2D eigenvalue weighted by Gasteiger charge is 2.11. The molecule has 0 spiro atoms. The molecule has 0 aliphatic carbocycles. The average Bonchev–Trinajstić information content (AvgIpc) is 2.80. The summed E-state index contributed by atoms with van der Waals surface area (Å²) in [5, 5.41) is 0. The lowest BCUT2D eigenvalue weighted by Crippen LogP contribution is -1.96. The number of hydrogen-bond acceptors (Lipinski definition) is 4. The highest BCUT2D eigenvalue weighted by atomic mass is 32.2. The Bertz CT molecular complexity index is 898. The number of nitrogen functional groups attached to an aromatic ring is 1. The van der Waals surface area contributed by atoms with Gasteiger partial charge in [-0.15, -0.1) is 0 Å². The third-order valence-electron chi connectivity index (χ3n) is 3.04. The van der Waals surface area contributed by atoms with Crippen LogP contribution >= 0.6 is 0 Å². The summed E-state index contributed by atoms with van der Waals surface area (Å²) in [6, 6.07) is 12.2. The van der Waals surface area contributed by atoms with Crippen LogP contribution in [0.25, 0.3) is 22.4 Å². The number of aromatic nitrogens is 2. The lowest BCUT2D eigenvalue weighted by molar-refractivity contribution is 0.602. The van der Waals surface area contributed by atoms with Crippen LogP contribution in [0.4, 0.5) is 5.69 Å². The topological polar surface area (TPSA) is 88.8 Å². The number of benzene rings is 2.